The summed E-state index contributed by atoms with van der Waals surface area (Å²) < 4.78 is 13.0. The molecule has 2 aromatic carbocycles. The predicted octanol–water partition coefficient (Wildman–Crippen LogP) is 7.23. The summed E-state index contributed by atoms with van der Waals surface area (Å²) in [5.74, 6) is 7.15. The van der Waals surface area contributed by atoms with Crippen molar-refractivity contribution in [1.82, 2.24) is 24.6 Å². The normalized spacial score (nSPS) is 10.6. The lowest BCUT2D eigenvalue weighted by atomic mass is 10.1. The van der Waals surface area contributed by atoms with Crippen LogP contribution in [0.2, 0.25) is 0 Å². The van der Waals surface area contributed by atoms with Crippen LogP contribution in [0.4, 0.5) is 17.2 Å². The summed E-state index contributed by atoms with van der Waals surface area (Å²) in [5, 5.41) is 11.0. The molecule has 0 bridgehead atoms. The molecule has 5 aromatic rings. The number of benzene rings is 2. The summed E-state index contributed by atoms with van der Waals surface area (Å²) in [4.78, 5) is 25.3. The maximum atomic E-state index is 12.3. The lowest BCUT2D eigenvalue weighted by Gasteiger charge is -2.13. The first-order valence-corrected chi connectivity index (χ1v) is 17.0. The van der Waals surface area contributed by atoms with E-state index in [1.165, 1.54) is 12.7 Å². The number of hydrogen-bond acceptors (Lipinski definition) is 8. The van der Waals surface area contributed by atoms with E-state index in [0.717, 1.165) is 34.3 Å². The highest BCUT2D eigenvalue weighted by Gasteiger charge is 2.09. The zero-order chi connectivity index (χ0) is 29.0. The average Bonchev–Trinajstić information content (AvgIpc) is 3.46. The van der Waals surface area contributed by atoms with Crippen LogP contribution in [0.25, 0.3) is 16.6 Å². The second-order valence-corrected chi connectivity index (χ2v) is 10.1. The van der Waals surface area contributed by atoms with Gasteiger partial charge in [-0.2, -0.15) is 5.10 Å². The first-order valence-electron chi connectivity index (χ1n) is 13.0. The van der Waals surface area contributed by atoms with Gasteiger partial charge in [0.2, 0.25) is 0 Å². The third-order valence-electron chi connectivity index (χ3n) is 5.62. The maximum absolute atomic E-state index is 12.3. The molecule has 3 aromatic heterocycles. The minimum absolute atomic E-state index is 0.369. The number of amides is 1. The van der Waals surface area contributed by atoms with Crippen LogP contribution >= 0.6 is 28.5 Å². The fraction of sp³-hybridized carbons (Fsp3) is 0.207. The fourth-order valence-corrected chi connectivity index (χ4v) is 4.66. The Morgan fingerprint density at radius 3 is 2.73 bits per heavy atom. The van der Waals surface area contributed by atoms with Crippen molar-refractivity contribution >= 4 is 68.1 Å². The quantitative estimate of drug-likeness (QED) is 0.0726. The molecular formula is C29H29IN7O3P. The van der Waals surface area contributed by atoms with Gasteiger partial charge in [-0.25, -0.2) is 19.5 Å². The van der Waals surface area contributed by atoms with Crippen LogP contribution in [-0.4, -0.2) is 37.1 Å². The monoisotopic (exact) mass is 681 g/mol. The predicted molar refractivity (Wildman–Crippen MR) is 172 cm³/mol. The molecule has 0 aliphatic heterocycles. The number of nitrogens with one attached hydrogen (secondary N) is 2. The molecule has 2 N–H and O–H groups in total. The van der Waals surface area contributed by atoms with Crippen molar-refractivity contribution in [2.45, 2.75) is 33.6 Å². The Bertz CT molecular complexity index is 1700. The fourth-order valence-electron chi connectivity index (χ4n) is 3.78. The minimum Gasteiger partial charge on any atom is -0.457 e. The first-order chi connectivity index (χ1) is 20.1. The molecule has 12 heteroatoms. The van der Waals surface area contributed by atoms with E-state index in [4.69, 9.17) is 9.26 Å². The Morgan fingerprint density at radius 1 is 1.05 bits per heavy atom. The number of aromatic nitrogens is 5. The zero-order valence-corrected chi connectivity index (χ0v) is 26.0. The van der Waals surface area contributed by atoms with Gasteiger partial charge in [0, 0.05) is 35.4 Å². The Hall–Kier alpha value is -3.85. The van der Waals surface area contributed by atoms with E-state index in [9.17, 15) is 4.79 Å². The number of carbonyl (C=O) groups excluding carboxylic acids is 1. The van der Waals surface area contributed by atoms with Gasteiger partial charge in [0.05, 0.1) is 18.6 Å². The van der Waals surface area contributed by atoms with Crippen molar-refractivity contribution < 1.29 is 14.1 Å². The molecule has 5 rings (SSSR count). The van der Waals surface area contributed by atoms with Gasteiger partial charge in [-0.1, -0.05) is 19.8 Å². The van der Waals surface area contributed by atoms with Crippen molar-refractivity contribution in [3.05, 3.63) is 72.9 Å². The largest absolute Gasteiger partial charge is 0.457 e. The number of pyridine rings is 1. The van der Waals surface area contributed by atoms with Crippen LogP contribution in [-0.2, 0) is 9.32 Å². The molecule has 1 atom stereocenters. The van der Waals surface area contributed by atoms with Crippen LogP contribution in [0, 0.1) is 18.8 Å². The van der Waals surface area contributed by atoms with Gasteiger partial charge in [-0.15, -0.1) is 0 Å². The van der Waals surface area contributed by atoms with E-state index in [1.807, 2.05) is 63.2 Å². The summed E-state index contributed by atoms with van der Waals surface area (Å²) in [5.41, 5.74) is 3.83. The van der Waals surface area contributed by atoms with Crippen molar-refractivity contribution in [3.8, 4) is 23.3 Å². The maximum Gasteiger partial charge on any atom is 0.300 e. The van der Waals surface area contributed by atoms with Crippen LogP contribution in [0.1, 0.15) is 32.3 Å². The molecule has 1 amide bonds. The molecule has 0 radical (unpaired) electrons. The number of carbonyl (C=O) groups is 1. The van der Waals surface area contributed by atoms with Gasteiger partial charge in [-0.05, 0) is 89.3 Å². The summed E-state index contributed by atoms with van der Waals surface area (Å²) in [7, 11) is 0. The minimum atomic E-state index is -0.369. The molecule has 41 heavy (non-hydrogen) atoms. The van der Waals surface area contributed by atoms with Crippen LogP contribution in [0.5, 0.6) is 11.5 Å². The van der Waals surface area contributed by atoms with Gasteiger partial charge in [-0.3, -0.25) is 4.79 Å². The van der Waals surface area contributed by atoms with Crippen molar-refractivity contribution in [2.75, 3.05) is 17.2 Å². The van der Waals surface area contributed by atoms with Crippen molar-refractivity contribution in [2.24, 2.45) is 0 Å². The molecule has 10 nitrogen and oxygen atoms in total. The van der Waals surface area contributed by atoms with Crippen LogP contribution < -0.4 is 15.4 Å². The van der Waals surface area contributed by atoms with E-state index in [1.54, 1.807) is 16.8 Å². The molecular weight excluding hydrogens is 652 g/mol. The van der Waals surface area contributed by atoms with Crippen molar-refractivity contribution in [1.29, 1.82) is 0 Å². The Balaban J connectivity index is 0.00000189. The number of fused-ring (bicyclic) bond motifs is 2. The molecule has 210 valence electrons. The summed E-state index contributed by atoms with van der Waals surface area (Å²) >= 11 is 2.18. The second kappa shape index (κ2) is 15.2. The summed E-state index contributed by atoms with van der Waals surface area (Å²) in [6.45, 7) is 7.05. The lowest BCUT2D eigenvalue weighted by molar-refractivity contribution is -0.111. The number of halogens is 1. The molecule has 0 fully saturated rings. The molecule has 0 spiro atoms. The topological polar surface area (TPSA) is 116 Å². The zero-order valence-electron chi connectivity index (χ0n) is 22.8. The molecule has 0 saturated heterocycles. The highest BCUT2D eigenvalue weighted by Crippen LogP contribution is 2.31. The number of ether oxygens (including phenoxy) is 1. The molecule has 3 heterocycles. The number of aryl methyl sites for hydroxylation is 1. The molecule has 1 unspecified atom stereocenters. The van der Waals surface area contributed by atoms with E-state index >= 15 is 0 Å². The number of nitrogens with zero attached hydrogens (tertiary/aromatic N) is 5. The van der Waals surface area contributed by atoms with Crippen LogP contribution in [0.15, 0.2) is 67.4 Å². The van der Waals surface area contributed by atoms with E-state index in [0.29, 0.717) is 42.4 Å². The van der Waals surface area contributed by atoms with Crippen LogP contribution in [0.3, 0.4) is 0 Å². The average molecular weight is 681 g/mol. The van der Waals surface area contributed by atoms with E-state index in [2.05, 4.69) is 64.6 Å². The Morgan fingerprint density at radius 2 is 1.90 bits per heavy atom. The standard InChI is InChI=1S/C27H23IN7O3P.C2H6/c1-18-13-19(7-9-24(18)38-21-10-11-35-25(15-21)30-17-32-35)34-27-22-14-20(6-8-23(22)29-16-31-27)33-26(36)5-3-2-4-12-37-39-28;1-2/h6-11,13-17,39H,2,4,12H2,1H3,(H,33,36)(H,29,31,34);1-2H3. The van der Waals surface area contributed by atoms with E-state index < -0.39 is 0 Å². The van der Waals surface area contributed by atoms with Gasteiger partial charge in [0.15, 0.2) is 5.65 Å². The second-order valence-electron chi connectivity index (χ2n) is 8.37. The van der Waals surface area contributed by atoms with Crippen molar-refractivity contribution in [3.63, 3.8) is 0 Å². The highest BCUT2D eigenvalue weighted by molar-refractivity contribution is 14.2. The highest BCUT2D eigenvalue weighted by atomic mass is 127. The summed E-state index contributed by atoms with van der Waals surface area (Å²) in [6.07, 6.45) is 6.20. The number of hydrogen-bond donors (Lipinski definition) is 2. The molecule has 0 aliphatic rings. The number of anilines is 3. The van der Waals surface area contributed by atoms with E-state index in [-0.39, 0.29) is 5.91 Å². The third kappa shape index (κ3) is 8.33. The smallest absolute Gasteiger partial charge is 0.300 e. The third-order valence-corrected chi connectivity index (χ3v) is 6.86. The van der Waals surface area contributed by atoms with Gasteiger partial charge in [0.1, 0.15) is 30.0 Å². The number of rotatable bonds is 9. The SMILES string of the molecule is CC.Cc1cc(Nc2ncnc3ccc(NC(=O)C#CCCCOPI)cc23)ccc1Oc1ccn2ncnc2c1. The van der Waals surface area contributed by atoms with Gasteiger partial charge in [0.25, 0.3) is 5.91 Å². The van der Waals surface area contributed by atoms with Gasteiger partial charge < -0.3 is 19.9 Å². The first kappa shape index (κ1) is 30.1. The number of unbranched alkanes of at least 4 members (excludes halogenated alkanes) is 1. The summed E-state index contributed by atoms with van der Waals surface area (Å²) in [6, 6.07) is 14.9. The molecule has 0 saturated carbocycles. The molecule has 0 aliphatic carbocycles. The Kier molecular flexibility index (Phi) is 11.2. The Labute approximate surface area is 253 Å². The van der Waals surface area contributed by atoms with Gasteiger partial charge >= 0.3 is 0 Å². The lowest BCUT2D eigenvalue weighted by Crippen LogP contribution is -2.08.